The minimum absolute atomic E-state index is 0.117. The molecule has 0 aliphatic heterocycles. The van der Waals surface area contributed by atoms with Crippen LogP contribution in [0.15, 0.2) is 10.9 Å². The van der Waals surface area contributed by atoms with E-state index in [1.54, 1.807) is 6.92 Å². The summed E-state index contributed by atoms with van der Waals surface area (Å²) in [6.07, 6.45) is 1.70. The number of methoxy groups -OCH3 is 1. The van der Waals surface area contributed by atoms with Crippen LogP contribution in [0.2, 0.25) is 0 Å². The zero-order valence-corrected chi connectivity index (χ0v) is 12.7. The maximum Gasteiger partial charge on any atom is 0.341 e. The molecule has 0 radical (unpaired) electrons. The molecule has 0 unspecified atom stereocenters. The highest BCUT2D eigenvalue weighted by atomic mass is 19.2. The number of hydrogen-bond donors (Lipinski definition) is 1. The standard InChI is InChI=1S/C16H15F2NO4/c1-3-9-11(16(21)22)15(20)8-6-10(23-2)12(17)13(18)14(8)19(9)7-4-5-7/h6-7H,3-5H2,1-2H3,(H,21,22). The second kappa shape index (κ2) is 5.33. The monoisotopic (exact) mass is 323 g/mol. The van der Waals surface area contributed by atoms with Gasteiger partial charge in [-0.25, -0.2) is 9.18 Å². The molecule has 5 nitrogen and oxygen atoms in total. The zero-order chi connectivity index (χ0) is 16.9. The Morgan fingerprint density at radius 1 is 1.39 bits per heavy atom. The molecule has 122 valence electrons. The summed E-state index contributed by atoms with van der Waals surface area (Å²) in [4.78, 5) is 24.1. The lowest BCUT2D eigenvalue weighted by molar-refractivity contribution is 0.0693. The molecule has 0 bridgehead atoms. The molecular formula is C16H15F2NO4. The van der Waals surface area contributed by atoms with Crippen molar-refractivity contribution in [2.75, 3.05) is 7.11 Å². The van der Waals surface area contributed by atoms with Gasteiger partial charge in [0.25, 0.3) is 0 Å². The van der Waals surface area contributed by atoms with Gasteiger partial charge in [0.1, 0.15) is 5.56 Å². The Kier molecular flexibility index (Phi) is 3.58. The van der Waals surface area contributed by atoms with Crippen molar-refractivity contribution in [1.82, 2.24) is 4.57 Å². The van der Waals surface area contributed by atoms with Gasteiger partial charge in [0.05, 0.1) is 18.0 Å². The van der Waals surface area contributed by atoms with Crippen LogP contribution in [-0.4, -0.2) is 22.8 Å². The van der Waals surface area contributed by atoms with E-state index in [-0.39, 0.29) is 34.6 Å². The predicted molar refractivity (Wildman–Crippen MR) is 79.3 cm³/mol. The van der Waals surface area contributed by atoms with Gasteiger partial charge >= 0.3 is 5.97 Å². The molecule has 1 saturated carbocycles. The summed E-state index contributed by atoms with van der Waals surface area (Å²) in [6, 6.07) is 0.953. The third kappa shape index (κ3) is 2.18. The van der Waals surface area contributed by atoms with E-state index in [0.29, 0.717) is 0 Å². The van der Waals surface area contributed by atoms with Gasteiger partial charge in [-0.15, -0.1) is 0 Å². The van der Waals surface area contributed by atoms with E-state index in [1.807, 2.05) is 0 Å². The second-order valence-electron chi connectivity index (χ2n) is 5.51. The number of benzene rings is 1. The molecule has 1 heterocycles. The molecule has 0 spiro atoms. The van der Waals surface area contributed by atoms with Crippen LogP contribution in [0.3, 0.4) is 0 Å². The van der Waals surface area contributed by atoms with Crippen molar-refractivity contribution in [3.8, 4) is 5.75 Å². The van der Waals surface area contributed by atoms with Crippen molar-refractivity contribution in [3.63, 3.8) is 0 Å². The predicted octanol–water partition coefficient (Wildman–Crippen LogP) is 2.88. The van der Waals surface area contributed by atoms with Crippen molar-refractivity contribution in [2.24, 2.45) is 0 Å². The van der Waals surface area contributed by atoms with Crippen molar-refractivity contribution < 1.29 is 23.4 Å². The highest BCUT2D eigenvalue weighted by molar-refractivity contribution is 5.95. The molecular weight excluding hydrogens is 308 g/mol. The van der Waals surface area contributed by atoms with Gasteiger partial charge in [-0.2, -0.15) is 4.39 Å². The van der Waals surface area contributed by atoms with Crippen LogP contribution in [0, 0.1) is 11.6 Å². The summed E-state index contributed by atoms with van der Waals surface area (Å²) >= 11 is 0. The van der Waals surface area contributed by atoms with E-state index in [0.717, 1.165) is 26.0 Å². The Morgan fingerprint density at radius 2 is 2.04 bits per heavy atom. The molecule has 1 aromatic carbocycles. The van der Waals surface area contributed by atoms with E-state index in [2.05, 4.69) is 0 Å². The van der Waals surface area contributed by atoms with E-state index >= 15 is 0 Å². The van der Waals surface area contributed by atoms with Crippen LogP contribution in [0.4, 0.5) is 8.78 Å². The number of rotatable bonds is 4. The van der Waals surface area contributed by atoms with Crippen molar-refractivity contribution in [1.29, 1.82) is 0 Å². The van der Waals surface area contributed by atoms with E-state index in [9.17, 15) is 23.5 Å². The maximum atomic E-state index is 14.6. The minimum atomic E-state index is -1.37. The molecule has 1 aliphatic rings. The molecule has 23 heavy (non-hydrogen) atoms. The summed E-state index contributed by atoms with van der Waals surface area (Å²) in [5.74, 6) is -4.16. The molecule has 1 aromatic heterocycles. The molecule has 0 saturated heterocycles. The number of carboxylic acids is 1. The molecule has 3 rings (SSSR count). The van der Waals surface area contributed by atoms with Gasteiger partial charge in [-0.1, -0.05) is 6.92 Å². The van der Waals surface area contributed by atoms with Crippen LogP contribution in [0.5, 0.6) is 5.75 Å². The number of fused-ring (bicyclic) bond motifs is 1. The largest absolute Gasteiger partial charge is 0.494 e. The number of aromatic nitrogens is 1. The van der Waals surface area contributed by atoms with E-state index in [1.165, 1.54) is 4.57 Å². The fourth-order valence-corrected chi connectivity index (χ4v) is 2.97. The van der Waals surface area contributed by atoms with Gasteiger partial charge < -0.3 is 14.4 Å². The minimum Gasteiger partial charge on any atom is -0.494 e. The first-order chi connectivity index (χ1) is 10.9. The smallest absolute Gasteiger partial charge is 0.341 e. The van der Waals surface area contributed by atoms with Crippen molar-refractivity contribution >= 4 is 16.9 Å². The Balaban J connectivity index is 2.58. The summed E-state index contributed by atoms with van der Waals surface area (Å²) in [5.41, 5.74) is -1.17. The number of hydrogen-bond acceptors (Lipinski definition) is 3. The van der Waals surface area contributed by atoms with Gasteiger partial charge in [0.2, 0.25) is 11.2 Å². The maximum absolute atomic E-state index is 14.6. The highest BCUT2D eigenvalue weighted by Gasteiger charge is 2.33. The summed E-state index contributed by atoms with van der Waals surface area (Å²) in [5, 5.41) is 9.22. The average molecular weight is 323 g/mol. The Morgan fingerprint density at radius 3 is 2.52 bits per heavy atom. The molecule has 1 aliphatic carbocycles. The fraction of sp³-hybridized carbons (Fsp3) is 0.375. The molecule has 7 heteroatoms. The van der Waals surface area contributed by atoms with Crippen molar-refractivity contribution in [2.45, 2.75) is 32.2 Å². The number of carboxylic acid groups (broad SMARTS) is 1. The van der Waals surface area contributed by atoms with Crippen LogP contribution in [0.1, 0.15) is 41.9 Å². The van der Waals surface area contributed by atoms with Gasteiger partial charge in [0.15, 0.2) is 11.6 Å². The lowest BCUT2D eigenvalue weighted by Gasteiger charge is -2.19. The quantitative estimate of drug-likeness (QED) is 0.939. The third-order valence-corrected chi connectivity index (χ3v) is 4.12. The summed E-state index contributed by atoms with van der Waals surface area (Å²) in [7, 11) is 1.15. The number of ether oxygens (including phenoxy) is 1. The number of aromatic carboxylic acids is 1. The van der Waals surface area contributed by atoms with Crippen LogP contribution < -0.4 is 10.2 Å². The van der Waals surface area contributed by atoms with Gasteiger partial charge in [0, 0.05) is 11.7 Å². The number of carbonyl (C=O) groups is 1. The van der Waals surface area contributed by atoms with Gasteiger partial charge in [-0.05, 0) is 25.3 Å². The molecule has 0 amide bonds. The number of halogens is 2. The molecule has 1 N–H and O–H groups in total. The lowest BCUT2D eigenvalue weighted by atomic mass is 10.0. The molecule has 2 aromatic rings. The summed E-state index contributed by atoms with van der Waals surface area (Å²) < 4.78 is 34.9. The van der Waals surface area contributed by atoms with E-state index in [4.69, 9.17) is 4.74 Å². The lowest BCUT2D eigenvalue weighted by Crippen LogP contribution is -2.25. The average Bonchev–Trinajstić information content (AvgIpc) is 3.34. The zero-order valence-electron chi connectivity index (χ0n) is 12.7. The fourth-order valence-electron chi connectivity index (χ4n) is 2.97. The van der Waals surface area contributed by atoms with Crippen LogP contribution in [-0.2, 0) is 6.42 Å². The first kappa shape index (κ1) is 15.5. The second-order valence-corrected chi connectivity index (χ2v) is 5.51. The SMILES string of the molecule is CCc1c(C(=O)O)c(=O)c2cc(OC)c(F)c(F)c2n1C1CC1. The number of nitrogens with zero attached hydrogens (tertiary/aromatic N) is 1. The first-order valence-corrected chi connectivity index (χ1v) is 7.28. The normalized spacial score (nSPS) is 14.3. The number of pyridine rings is 1. The van der Waals surface area contributed by atoms with Gasteiger partial charge in [-0.3, -0.25) is 4.79 Å². The third-order valence-electron chi connectivity index (χ3n) is 4.12. The van der Waals surface area contributed by atoms with Crippen LogP contribution >= 0.6 is 0 Å². The van der Waals surface area contributed by atoms with Crippen molar-refractivity contribution in [3.05, 3.63) is 39.2 Å². The molecule has 1 fully saturated rings. The summed E-state index contributed by atoms with van der Waals surface area (Å²) in [6.45, 7) is 1.68. The Hall–Kier alpha value is -2.44. The Bertz CT molecular complexity index is 884. The van der Waals surface area contributed by atoms with E-state index < -0.39 is 28.8 Å². The topological polar surface area (TPSA) is 68.5 Å². The first-order valence-electron chi connectivity index (χ1n) is 7.28. The Labute approximate surface area is 130 Å². The molecule has 0 atom stereocenters. The van der Waals surface area contributed by atoms with Crippen LogP contribution in [0.25, 0.3) is 10.9 Å². The highest BCUT2D eigenvalue weighted by Crippen LogP contribution is 2.40.